The van der Waals surface area contributed by atoms with Gasteiger partial charge in [-0.3, -0.25) is 18.6 Å². The van der Waals surface area contributed by atoms with Crippen molar-refractivity contribution in [2.24, 2.45) is 0 Å². The maximum absolute atomic E-state index is 12.0. The van der Waals surface area contributed by atoms with Gasteiger partial charge in [0.15, 0.2) is 0 Å². The van der Waals surface area contributed by atoms with E-state index in [-0.39, 0.29) is 32.1 Å². The molecule has 2 atom stereocenters. The van der Waals surface area contributed by atoms with Crippen molar-refractivity contribution < 1.29 is 37.9 Å². The molecule has 1 amide bonds. The minimum atomic E-state index is -4.40. The predicted octanol–water partition coefficient (Wildman–Crippen LogP) is 8.09. The molecule has 2 unspecified atom stereocenters. The average Bonchev–Trinajstić information content (AvgIpc) is 2.98. The molecule has 43 heavy (non-hydrogen) atoms. The number of hydrogen-bond acceptors (Lipinski definition) is 7. The SMILES string of the molecule is CCCCC/C=C\C/C=C\CCCCCCCC(=O)NCCOP(=O)(O)OCC(O)COC(=O)CCCCCCCCC. The van der Waals surface area contributed by atoms with Crippen LogP contribution in [0.1, 0.15) is 142 Å². The largest absolute Gasteiger partial charge is 0.472 e. The molecule has 0 rings (SSSR count). The van der Waals surface area contributed by atoms with Gasteiger partial charge in [0.2, 0.25) is 5.91 Å². The fraction of sp³-hybridized carbons (Fsp3) is 0.818. The van der Waals surface area contributed by atoms with Crippen LogP contribution in [0.2, 0.25) is 0 Å². The van der Waals surface area contributed by atoms with Crippen molar-refractivity contribution in [3.05, 3.63) is 24.3 Å². The van der Waals surface area contributed by atoms with Crippen LogP contribution in [0.15, 0.2) is 24.3 Å². The lowest BCUT2D eigenvalue weighted by molar-refractivity contribution is -0.147. The summed E-state index contributed by atoms with van der Waals surface area (Å²) in [6.07, 6.45) is 28.4. The highest BCUT2D eigenvalue weighted by atomic mass is 31.2. The van der Waals surface area contributed by atoms with Crippen molar-refractivity contribution in [1.29, 1.82) is 0 Å². The second-order valence-electron chi connectivity index (χ2n) is 11.1. The summed E-state index contributed by atoms with van der Waals surface area (Å²) < 4.78 is 26.6. The number of phosphoric acid groups is 1. The van der Waals surface area contributed by atoms with Crippen molar-refractivity contribution in [2.75, 3.05) is 26.4 Å². The van der Waals surface area contributed by atoms with Crippen LogP contribution in [0.3, 0.4) is 0 Å². The number of rotatable bonds is 31. The van der Waals surface area contributed by atoms with E-state index in [1.807, 2.05) is 0 Å². The number of allylic oxidation sites excluding steroid dienone is 4. The molecule has 0 saturated heterocycles. The number of ether oxygens (including phenoxy) is 1. The molecule has 0 aliphatic carbocycles. The molecule has 0 heterocycles. The third-order valence-electron chi connectivity index (χ3n) is 6.88. The van der Waals surface area contributed by atoms with E-state index in [4.69, 9.17) is 13.8 Å². The Morgan fingerprint density at radius 2 is 1.26 bits per heavy atom. The van der Waals surface area contributed by atoms with Gasteiger partial charge in [0.05, 0.1) is 13.2 Å². The molecule has 0 fully saturated rings. The van der Waals surface area contributed by atoms with Gasteiger partial charge in [-0.1, -0.05) is 109 Å². The number of phosphoric ester groups is 1. The Bertz CT molecular complexity index is 774. The van der Waals surface area contributed by atoms with Gasteiger partial charge < -0.3 is 20.1 Å². The van der Waals surface area contributed by atoms with Gasteiger partial charge in [-0.2, -0.15) is 0 Å². The first-order valence-corrected chi connectivity index (χ1v) is 18.3. The van der Waals surface area contributed by atoms with Crippen LogP contribution in [0.4, 0.5) is 0 Å². The van der Waals surface area contributed by atoms with Gasteiger partial charge >= 0.3 is 13.8 Å². The minimum Gasteiger partial charge on any atom is -0.463 e. The molecule has 3 N–H and O–H groups in total. The number of esters is 1. The van der Waals surface area contributed by atoms with E-state index in [1.165, 1.54) is 51.4 Å². The first kappa shape index (κ1) is 41.5. The number of amides is 1. The van der Waals surface area contributed by atoms with Gasteiger partial charge in [0.25, 0.3) is 0 Å². The number of aliphatic hydroxyl groups excluding tert-OH is 1. The Labute approximate surface area is 261 Å². The van der Waals surface area contributed by atoms with Crippen molar-refractivity contribution in [2.45, 2.75) is 148 Å². The summed E-state index contributed by atoms with van der Waals surface area (Å²) in [5, 5.41) is 12.5. The molecule has 0 spiro atoms. The predicted molar refractivity (Wildman–Crippen MR) is 174 cm³/mol. The molecule has 0 radical (unpaired) electrons. The van der Waals surface area contributed by atoms with Crippen LogP contribution >= 0.6 is 7.82 Å². The number of unbranched alkanes of at least 4 members (excludes halogenated alkanes) is 14. The quantitative estimate of drug-likeness (QED) is 0.0303. The zero-order valence-electron chi connectivity index (χ0n) is 27.1. The van der Waals surface area contributed by atoms with E-state index in [1.54, 1.807) is 0 Å². The first-order valence-electron chi connectivity index (χ1n) is 16.8. The topological polar surface area (TPSA) is 131 Å². The van der Waals surface area contributed by atoms with Gasteiger partial charge in [0, 0.05) is 19.4 Å². The summed E-state index contributed by atoms with van der Waals surface area (Å²) in [5.41, 5.74) is 0. The summed E-state index contributed by atoms with van der Waals surface area (Å²) in [7, 11) is -4.40. The maximum Gasteiger partial charge on any atom is 0.472 e. The Hall–Kier alpha value is -1.51. The molecule has 0 saturated carbocycles. The highest BCUT2D eigenvalue weighted by Crippen LogP contribution is 2.42. The zero-order chi connectivity index (χ0) is 31.9. The monoisotopic (exact) mass is 631 g/mol. The molecule has 252 valence electrons. The summed E-state index contributed by atoms with van der Waals surface area (Å²) in [6.45, 7) is 3.43. The Kier molecular flexibility index (Phi) is 29.4. The van der Waals surface area contributed by atoms with Gasteiger partial charge in [-0.25, -0.2) is 4.57 Å². The highest BCUT2D eigenvalue weighted by molar-refractivity contribution is 7.47. The van der Waals surface area contributed by atoms with Gasteiger partial charge in [0.1, 0.15) is 12.7 Å². The number of carbonyl (C=O) groups is 2. The number of hydrogen-bond donors (Lipinski definition) is 3. The van der Waals surface area contributed by atoms with Crippen molar-refractivity contribution in [1.82, 2.24) is 5.32 Å². The standard InChI is InChI=1S/C33H62NO8P/c1-3-5-7-9-11-12-13-14-15-16-17-18-20-21-23-25-32(36)34-27-28-41-43(38,39)42-30-31(35)29-40-33(37)26-24-22-19-10-8-6-4-2/h11-12,14-15,31,35H,3-10,13,16-30H2,1-2H3,(H,34,36)(H,38,39)/b12-11-,15-14-. The van der Waals surface area contributed by atoms with Crippen molar-refractivity contribution >= 4 is 19.7 Å². The van der Waals surface area contributed by atoms with Gasteiger partial charge in [-0.15, -0.1) is 0 Å². The average molecular weight is 632 g/mol. The van der Waals surface area contributed by atoms with E-state index in [9.17, 15) is 24.2 Å². The minimum absolute atomic E-state index is 0.0752. The van der Waals surface area contributed by atoms with E-state index < -0.39 is 26.5 Å². The molecule has 9 nitrogen and oxygen atoms in total. The molecule has 0 bridgehead atoms. The second-order valence-corrected chi connectivity index (χ2v) is 12.6. The van der Waals surface area contributed by atoms with Crippen LogP contribution in [-0.2, 0) is 27.9 Å². The molecule has 0 aliphatic heterocycles. The third kappa shape index (κ3) is 31.7. The number of aliphatic hydroxyl groups is 1. The molecule has 0 aliphatic rings. The van der Waals surface area contributed by atoms with E-state index in [2.05, 4.69) is 43.5 Å². The molecule has 0 aromatic heterocycles. The smallest absolute Gasteiger partial charge is 0.463 e. The normalized spacial score (nSPS) is 13.9. The number of nitrogens with one attached hydrogen (secondary N) is 1. The lowest BCUT2D eigenvalue weighted by Gasteiger charge is -2.15. The molecule has 0 aromatic carbocycles. The van der Waals surface area contributed by atoms with Gasteiger partial charge in [-0.05, 0) is 44.9 Å². The van der Waals surface area contributed by atoms with E-state index in [0.29, 0.717) is 6.42 Å². The summed E-state index contributed by atoms with van der Waals surface area (Å²) in [5.74, 6) is -0.539. The van der Waals surface area contributed by atoms with Crippen LogP contribution in [-0.4, -0.2) is 54.3 Å². The third-order valence-corrected chi connectivity index (χ3v) is 7.87. The van der Waals surface area contributed by atoms with Crippen LogP contribution in [0, 0.1) is 0 Å². The molecular weight excluding hydrogens is 569 g/mol. The zero-order valence-corrected chi connectivity index (χ0v) is 28.0. The molecular formula is C33H62NO8P. The first-order chi connectivity index (χ1) is 20.8. The van der Waals surface area contributed by atoms with Crippen LogP contribution < -0.4 is 5.32 Å². The van der Waals surface area contributed by atoms with E-state index >= 15 is 0 Å². The second kappa shape index (κ2) is 30.5. The van der Waals surface area contributed by atoms with Crippen LogP contribution in [0.5, 0.6) is 0 Å². The lowest BCUT2D eigenvalue weighted by atomic mass is 10.1. The van der Waals surface area contributed by atoms with Crippen LogP contribution in [0.25, 0.3) is 0 Å². The fourth-order valence-electron chi connectivity index (χ4n) is 4.29. The van der Waals surface area contributed by atoms with Crippen molar-refractivity contribution in [3.8, 4) is 0 Å². The molecule has 10 heteroatoms. The Morgan fingerprint density at radius 1 is 0.721 bits per heavy atom. The summed E-state index contributed by atoms with van der Waals surface area (Å²) in [6, 6.07) is 0. The highest BCUT2D eigenvalue weighted by Gasteiger charge is 2.23. The van der Waals surface area contributed by atoms with Crippen molar-refractivity contribution in [3.63, 3.8) is 0 Å². The Balaban J connectivity index is 3.66. The Morgan fingerprint density at radius 3 is 1.91 bits per heavy atom. The van der Waals surface area contributed by atoms with E-state index in [0.717, 1.165) is 64.2 Å². The fourth-order valence-corrected chi connectivity index (χ4v) is 5.05. The lowest BCUT2D eigenvalue weighted by Crippen LogP contribution is -2.27. The number of carbonyl (C=O) groups excluding carboxylic acids is 2. The molecule has 0 aromatic rings. The summed E-state index contributed by atoms with van der Waals surface area (Å²) in [4.78, 5) is 33.5. The maximum atomic E-state index is 12.0. The summed E-state index contributed by atoms with van der Waals surface area (Å²) >= 11 is 0.